The van der Waals surface area contributed by atoms with Crippen molar-refractivity contribution >= 4 is 12.4 Å². The first-order valence-corrected chi connectivity index (χ1v) is 6.27. The third-order valence-corrected chi connectivity index (χ3v) is 3.21. The molecular formula is C15H26ClNO. The first kappa shape index (κ1) is 17.4. The average molecular weight is 272 g/mol. The van der Waals surface area contributed by atoms with Gasteiger partial charge in [-0.3, -0.25) is 0 Å². The summed E-state index contributed by atoms with van der Waals surface area (Å²) in [6.07, 6.45) is -0.490. The van der Waals surface area contributed by atoms with E-state index < -0.39 is 6.10 Å². The van der Waals surface area contributed by atoms with Crippen molar-refractivity contribution in [2.75, 3.05) is 0 Å². The van der Waals surface area contributed by atoms with Gasteiger partial charge in [-0.2, -0.15) is 0 Å². The fourth-order valence-electron chi connectivity index (χ4n) is 1.82. The van der Waals surface area contributed by atoms with Gasteiger partial charge >= 0.3 is 0 Å². The van der Waals surface area contributed by atoms with Gasteiger partial charge in [-0.25, -0.2) is 0 Å². The molecule has 2 atom stereocenters. The third kappa shape index (κ3) is 4.27. The van der Waals surface area contributed by atoms with Gasteiger partial charge in [0.05, 0.1) is 12.1 Å². The van der Waals surface area contributed by atoms with E-state index in [4.69, 9.17) is 5.73 Å². The van der Waals surface area contributed by atoms with E-state index in [0.29, 0.717) is 0 Å². The van der Waals surface area contributed by atoms with E-state index in [1.165, 1.54) is 5.56 Å². The molecule has 0 fully saturated rings. The molecule has 0 amide bonds. The molecule has 0 heterocycles. The van der Waals surface area contributed by atoms with Crippen molar-refractivity contribution in [2.24, 2.45) is 11.7 Å². The summed E-state index contributed by atoms with van der Waals surface area (Å²) in [6, 6.07) is 7.95. The number of benzene rings is 1. The van der Waals surface area contributed by atoms with Gasteiger partial charge in [-0.15, -0.1) is 12.4 Å². The Hall–Kier alpha value is -0.570. The van der Waals surface area contributed by atoms with Crippen LogP contribution in [0.15, 0.2) is 24.3 Å². The van der Waals surface area contributed by atoms with Crippen molar-refractivity contribution in [3.63, 3.8) is 0 Å². The fourth-order valence-corrected chi connectivity index (χ4v) is 1.82. The molecule has 3 N–H and O–H groups in total. The Bertz CT molecular complexity index is 354. The van der Waals surface area contributed by atoms with Crippen LogP contribution >= 0.6 is 12.4 Å². The molecular weight excluding hydrogens is 246 g/mol. The van der Waals surface area contributed by atoms with Crippen LogP contribution in [-0.2, 0) is 5.41 Å². The van der Waals surface area contributed by atoms with E-state index in [9.17, 15) is 5.11 Å². The van der Waals surface area contributed by atoms with Gasteiger partial charge in [-0.1, -0.05) is 58.9 Å². The summed E-state index contributed by atoms with van der Waals surface area (Å²) in [4.78, 5) is 0. The van der Waals surface area contributed by atoms with Crippen LogP contribution in [0.3, 0.4) is 0 Å². The second kappa shape index (κ2) is 6.55. The average Bonchev–Trinajstić information content (AvgIpc) is 2.26. The van der Waals surface area contributed by atoms with E-state index in [2.05, 4.69) is 32.9 Å². The minimum absolute atomic E-state index is 0. The molecule has 104 valence electrons. The molecule has 0 unspecified atom stereocenters. The lowest BCUT2D eigenvalue weighted by molar-refractivity contribution is 0.0979. The molecule has 0 aliphatic heterocycles. The Balaban J connectivity index is 0.00000289. The van der Waals surface area contributed by atoms with E-state index in [1.54, 1.807) is 0 Å². The molecule has 0 radical (unpaired) electrons. The van der Waals surface area contributed by atoms with Crippen molar-refractivity contribution in [2.45, 2.75) is 52.2 Å². The number of halogens is 1. The maximum Gasteiger partial charge on any atom is 0.0755 e. The summed E-state index contributed by atoms with van der Waals surface area (Å²) >= 11 is 0. The zero-order valence-corrected chi connectivity index (χ0v) is 12.8. The molecule has 0 aliphatic carbocycles. The summed E-state index contributed by atoms with van der Waals surface area (Å²) in [5.41, 5.74) is 8.48. The number of aliphatic hydroxyl groups excluding tert-OH is 1. The van der Waals surface area contributed by atoms with Crippen LogP contribution in [0, 0.1) is 5.92 Å². The van der Waals surface area contributed by atoms with E-state index in [1.807, 2.05) is 26.0 Å². The SMILES string of the molecule is CC(C)[C@@H](O)[C@@H](N)c1ccc(C(C)(C)C)cc1.Cl. The van der Waals surface area contributed by atoms with Crippen LogP contribution in [0.2, 0.25) is 0 Å². The van der Waals surface area contributed by atoms with Gasteiger partial charge in [0.15, 0.2) is 0 Å². The zero-order chi connectivity index (χ0) is 13.2. The number of hydrogen-bond donors (Lipinski definition) is 2. The summed E-state index contributed by atoms with van der Waals surface area (Å²) in [5.74, 6) is 0.173. The molecule has 0 aliphatic rings. The van der Waals surface area contributed by atoms with Crippen LogP contribution in [0.5, 0.6) is 0 Å². The minimum Gasteiger partial charge on any atom is -0.391 e. The molecule has 3 heteroatoms. The topological polar surface area (TPSA) is 46.2 Å². The molecule has 0 bridgehead atoms. The van der Waals surface area contributed by atoms with Crippen molar-refractivity contribution in [1.29, 1.82) is 0 Å². The highest BCUT2D eigenvalue weighted by Crippen LogP contribution is 2.25. The van der Waals surface area contributed by atoms with Crippen molar-refractivity contribution in [3.05, 3.63) is 35.4 Å². The predicted octanol–water partition coefficient (Wildman–Crippen LogP) is 3.42. The molecule has 18 heavy (non-hydrogen) atoms. The molecule has 0 spiro atoms. The molecule has 2 nitrogen and oxygen atoms in total. The maximum atomic E-state index is 9.95. The van der Waals surface area contributed by atoms with E-state index >= 15 is 0 Å². The van der Waals surface area contributed by atoms with Crippen LogP contribution in [0.1, 0.15) is 51.8 Å². The fraction of sp³-hybridized carbons (Fsp3) is 0.600. The Labute approximate surface area is 117 Å². The second-order valence-electron chi connectivity index (χ2n) is 6.13. The Morgan fingerprint density at radius 2 is 1.50 bits per heavy atom. The lowest BCUT2D eigenvalue weighted by Crippen LogP contribution is -2.30. The van der Waals surface area contributed by atoms with E-state index in [-0.39, 0.29) is 29.8 Å². The highest BCUT2D eigenvalue weighted by Gasteiger charge is 2.20. The highest BCUT2D eigenvalue weighted by atomic mass is 35.5. The van der Waals surface area contributed by atoms with Crippen molar-refractivity contribution in [3.8, 4) is 0 Å². The monoisotopic (exact) mass is 271 g/mol. The van der Waals surface area contributed by atoms with Gasteiger partial charge in [0.1, 0.15) is 0 Å². The molecule has 1 aromatic rings. The van der Waals surface area contributed by atoms with Crippen LogP contribution in [0.25, 0.3) is 0 Å². The number of rotatable bonds is 3. The quantitative estimate of drug-likeness (QED) is 0.885. The summed E-state index contributed by atoms with van der Waals surface area (Å²) in [6.45, 7) is 10.5. The second-order valence-corrected chi connectivity index (χ2v) is 6.13. The Kier molecular flexibility index (Phi) is 6.35. The van der Waals surface area contributed by atoms with Gasteiger partial charge in [0.25, 0.3) is 0 Å². The normalized spacial score (nSPS) is 15.1. The lowest BCUT2D eigenvalue weighted by Gasteiger charge is -2.24. The summed E-state index contributed by atoms with van der Waals surface area (Å²) in [5, 5.41) is 9.95. The molecule has 0 saturated heterocycles. The molecule has 1 rings (SSSR count). The van der Waals surface area contributed by atoms with Crippen molar-refractivity contribution in [1.82, 2.24) is 0 Å². The number of hydrogen-bond acceptors (Lipinski definition) is 2. The lowest BCUT2D eigenvalue weighted by atomic mass is 9.85. The standard InChI is InChI=1S/C15H25NO.ClH/c1-10(2)14(17)13(16)11-6-8-12(9-7-11)15(3,4)5;/h6-10,13-14,17H,16H2,1-5H3;1H/t13-,14+;/m0./s1. The van der Waals surface area contributed by atoms with Gasteiger partial charge in [-0.05, 0) is 22.5 Å². The highest BCUT2D eigenvalue weighted by molar-refractivity contribution is 5.85. The van der Waals surface area contributed by atoms with Crippen LogP contribution in [0.4, 0.5) is 0 Å². The Morgan fingerprint density at radius 1 is 1.06 bits per heavy atom. The minimum atomic E-state index is -0.490. The third-order valence-electron chi connectivity index (χ3n) is 3.21. The smallest absolute Gasteiger partial charge is 0.0755 e. The summed E-state index contributed by atoms with van der Waals surface area (Å²) < 4.78 is 0. The first-order valence-electron chi connectivity index (χ1n) is 6.27. The Morgan fingerprint density at radius 3 is 1.83 bits per heavy atom. The van der Waals surface area contributed by atoms with Crippen molar-refractivity contribution < 1.29 is 5.11 Å². The summed E-state index contributed by atoms with van der Waals surface area (Å²) in [7, 11) is 0. The number of aliphatic hydroxyl groups is 1. The molecule has 0 saturated carbocycles. The maximum absolute atomic E-state index is 9.95. The van der Waals surface area contributed by atoms with Crippen LogP contribution in [-0.4, -0.2) is 11.2 Å². The largest absolute Gasteiger partial charge is 0.391 e. The van der Waals surface area contributed by atoms with Crippen LogP contribution < -0.4 is 5.73 Å². The number of nitrogens with two attached hydrogens (primary N) is 1. The van der Waals surface area contributed by atoms with Gasteiger partial charge in [0.2, 0.25) is 0 Å². The van der Waals surface area contributed by atoms with Gasteiger partial charge < -0.3 is 10.8 Å². The van der Waals surface area contributed by atoms with E-state index in [0.717, 1.165) is 5.56 Å². The molecule has 1 aromatic carbocycles. The first-order chi connectivity index (χ1) is 7.73. The van der Waals surface area contributed by atoms with Gasteiger partial charge in [0, 0.05) is 0 Å². The predicted molar refractivity (Wildman–Crippen MR) is 80.2 cm³/mol. The zero-order valence-electron chi connectivity index (χ0n) is 12.0. The molecule has 0 aromatic heterocycles.